The van der Waals surface area contributed by atoms with Crippen LogP contribution in [0.2, 0.25) is 0 Å². The van der Waals surface area contributed by atoms with Gasteiger partial charge in [-0.05, 0) is 34.1 Å². The largest absolute Gasteiger partial charge is 0.399 e. The van der Waals surface area contributed by atoms with Crippen LogP contribution in [0.15, 0.2) is 33.6 Å². The molecule has 0 spiro atoms. The quantitative estimate of drug-likeness (QED) is 0.851. The highest BCUT2D eigenvalue weighted by atomic mass is 79.9. The summed E-state index contributed by atoms with van der Waals surface area (Å²) in [6.07, 6.45) is 0. The topological polar surface area (TPSA) is 50.9 Å². The van der Waals surface area contributed by atoms with Crippen molar-refractivity contribution in [2.75, 3.05) is 11.1 Å². The van der Waals surface area contributed by atoms with Crippen molar-refractivity contribution >= 4 is 38.6 Å². The zero-order chi connectivity index (χ0) is 10.7. The van der Waals surface area contributed by atoms with E-state index in [9.17, 15) is 0 Å². The first-order valence-electron chi connectivity index (χ1n) is 4.41. The minimum atomic E-state index is 0.728. The van der Waals surface area contributed by atoms with Crippen LogP contribution in [0.4, 0.5) is 11.4 Å². The van der Waals surface area contributed by atoms with Crippen LogP contribution in [0.5, 0.6) is 0 Å². The standard InChI is InChI=1S/C10H10BrN3S/c11-9-3-7(12)1-2-10(9)13-4-8-5-15-6-14-8/h1-3,5-6,13H,4,12H2. The summed E-state index contributed by atoms with van der Waals surface area (Å²) in [7, 11) is 0. The summed E-state index contributed by atoms with van der Waals surface area (Å²) in [5, 5.41) is 5.31. The van der Waals surface area contributed by atoms with Gasteiger partial charge in [-0.25, -0.2) is 4.98 Å². The maximum absolute atomic E-state index is 5.65. The van der Waals surface area contributed by atoms with Gasteiger partial charge >= 0.3 is 0 Å². The number of anilines is 2. The summed E-state index contributed by atoms with van der Waals surface area (Å²) in [4.78, 5) is 4.19. The molecule has 0 aliphatic rings. The lowest BCUT2D eigenvalue weighted by atomic mass is 10.3. The highest BCUT2D eigenvalue weighted by Crippen LogP contribution is 2.24. The molecular weight excluding hydrogens is 274 g/mol. The van der Waals surface area contributed by atoms with Crippen LogP contribution in [-0.4, -0.2) is 4.98 Å². The number of aromatic nitrogens is 1. The molecule has 1 aromatic carbocycles. The highest BCUT2D eigenvalue weighted by molar-refractivity contribution is 9.10. The second-order valence-electron chi connectivity index (χ2n) is 3.07. The summed E-state index contributed by atoms with van der Waals surface area (Å²) in [6.45, 7) is 0.728. The van der Waals surface area contributed by atoms with Crippen molar-refractivity contribution in [1.29, 1.82) is 0 Å². The number of nitrogens with zero attached hydrogens (tertiary/aromatic N) is 1. The van der Waals surface area contributed by atoms with E-state index >= 15 is 0 Å². The third-order valence-electron chi connectivity index (χ3n) is 1.94. The number of nitrogen functional groups attached to an aromatic ring is 1. The van der Waals surface area contributed by atoms with Crippen molar-refractivity contribution in [2.24, 2.45) is 0 Å². The van der Waals surface area contributed by atoms with Crippen molar-refractivity contribution in [3.63, 3.8) is 0 Å². The Morgan fingerprint density at radius 3 is 3.00 bits per heavy atom. The number of halogens is 1. The minimum Gasteiger partial charge on any atom is -0.399 e. The zero-order valence-corrected chi connectivity index (χ0v) is 10.3. The lowest BCUT2D eigenvalue weighted by molar-refractivity contribution is 1.07. The second kappa shape index (κ2) is 4.63. The number of benzene rings is 1. The number of rotatable bonds is 3. The summed E-state index contributed by atoms with van der Waals surface area (Å²) < 4.78 is 0.970. The molecule has 0 saturated heterocycles. The van der Waals surface area contributed by atoms with Crippen molar-refractivity contribution in [2.45, 2.75) is 6.54 Å². The third kappa shape index (κ3) is 2.70. The monoisotopic (exact) mass is 283 g/mol. The van der Waals surface area contributed by atoms with Crippen LogP contribution in [0.1, 0.15) is 5.69 Å². The number of thiazole rings is 1. The summed E-state index contributed by atoms with van der Waals surface area (Å²) in [6, 6.07) is 5.70. The number of nitrogens with one attached hydrogen (secondary N) is 1. The molecule has 15 heavy (non-hydrogen) atoms. The van der Waals surface area contributed by atoms with Crippen LogP contribution < -0.4 is 11.1 Å². The first-order valence-corrected chi connectivity index (χ1v) is 6.15. The molecule has 0 bridgehead atoms. The van der Waals surface area contributed by atoms with Gasteiger partial charge in [0.1, 0.15) is 0 Å². The molecule has 0 saturated carbocycles. The van der Waals surface area contributed by atoms with Crippen molar-refractivity contribution in [3.8, 4) is 0 Å². The van der Waals surface area contributed by atoms with Crippen molar-refractivity contribution in [1.82, 2.24) is 4.98 Å². The first-order chi connectivity index (χ1) is 7.25. The average Bonchev–Trinajstić information content (AvgIpc) is 2.69. The SMILES string of the molecule is Nc1ccc(NCc2cscn2)c(Br)c1. The molecular formula is C10H10BrN3S. The van der Waals surface area contributed by atoms with E-state index in [2.05, 4.69) is 26.2 Å². The second-order valence-corrected chi connectivity index (χ2v) is 4.65. The third-order valence-corrected chi connectivity index (χ3v) is 3.23. The normalized spacial score (nSPS) is 10.2. The Morgan fingerprint density at radius 1 is 1.47 bits per heavy atom. The molecule has 2 aromatic rings. The summed E-state index contributed by atoms with van der Waals surface area (Å²) >= 11 is 5.05. The van der Waals surface area contributed by atoms with Gasteiger partial charge in [0.2, 0.25) is 0 Å². The average molecular weight is 284 g/mol. The zero-order valence-electron chi connectivity index (χ0n) is 7.90. The molecule has 1 heterocycles. The van der Waals surface area contributed by atoms with Crippen LogP contribution >= 0.6 is 27.3 Å². The fraction of sp³-hybridized carbons (Fsp3) is 0.100. The van der Waals surface area contributed by atoms with Crippen LogP contribution in [0.25, 0.3) is 0 Å². The van der Waals surface area contributed by atoms with Gasteiger partial charge in [-0.2, -0.15) is 0 Å². The van der Waals surface area contributed by atoms with Gasteiger partial charge in [-0.15, -0.1) is 11.3 Å². The van der Waals surface area contributed by atoms with Gasteiger partial charge in [0.25, 0.3) is 0 Å². The maximum Gasteiger partial charge on any atom is 0.0795 e. The molecule has 78 valence electrons. The molecule has 2 rings (SSSR count). The van der Waals surface area contributed by atoms with Gasteiger partial charge in [0.05, 0.1) is 17.7 Å². The van der Waals surface area contributed by atoms with Gasteiger partial charge in [0.15, 0.2) is 0 Å². The van der Waals surface area contributed by atoms with Gasteiger partial charge < -0.3 is 11.1 Å². The molecule has 0 radical (unpaired) electrons. The molecule has 0 unspecified atom stereocenters. The lowest BCUT2D eigenvalue weighted by Crippen LogP contribution is -2.00. The number of nitrogens with two attached hydrogens (primary N) is 1. The lowest BCUT2D eigenvalue weighted by Gasteiger charge is -2.07. The van der Waals surface area contributed by atoms with E-state index < -0.39 is 0 Å². The van der Waals surface area contributed by atoms with E-state index in [0.717, 1.165) is 28.1 Å². The van der Waals surface area contributed by atoms with Crippen molar-refractivity contribution in [3.05, 3.63) is 39.3 Å². The molecule has 3 nitrogen and oxygen atoms in total. The Kier molecular flexibility index (Phi) is 3.23. The Bertz CT molecular complexity index is 442. The van der Waals surface area contributed by atoms with Crippen molar-refractivity contribution < 1.29 is 0 Å². The fourth-order valence-corrected chi connectivity index (χ4v) is 2.28. The Morgan fingerprint density at radius 2 is 2.33 bits per heavy atom. The summed E-state index contributed by atoms with van der Waals surface area (Å²) in [5.41, 5.74) is 10.3. The van der Waals surface area contributed by atoms with E-state index in [-0.39, 0.29) is 0 Å². The molecule has 3 N–H and O–H groups in total. The molecule has 0 atom stereocenters. The number of hydrogen-bond donors (Lipinski definition) is 2. The van der Waals surface area contributed by atoms with E-state index in [1.807, 2.05) is 29.1 Å². The molecule has 0 aliphatic heterocycles. The molecule has 0 aliphatic carbocycles. The first kappa shape index (κ1) is 10.4. The Labute approximate surface area is 100 Å². The minimum absolute atomic E-state index is 0.728. The molecule has 1 aromatic heterocycles. The molecule has 5 heteroatoms. The molecule has 0 amide bonds. The fourth-order valence-electron chi connectivity index (χ4n) is 1.19. The highest BCUT2D eigenvalue weighted by Gasteiger charge is 2.00. The van der Waals surface area contributed by atoms with E-state index in [1.54, 1.807) is 11.3 Å². The van der Waals surface area contributed by atoms with Crippen LogP contribution in [0.3, 0.4) is 0 Å². The van der Waals surface area contributed by atoms with E-state index in [4.69, 9.17) is 5.73 Å². The smallest absolute Gasteiger partial charge is 0.0795 e. The summed E-state index contributed by atoms with van der Waals surface area (Å²) in [5.74, 6) is 0. The van der Waals surface area contributed by atoms with E-state index in [1.165, 1.54) is 0 Å². The van der Waals surface area contributed by atoms with Gasteiger partial charge in [-0.3, -0.25) is 0 Å². The predicted molar refractivity (Wildman–Crippen MR) is 68.0 cm³/mol. The van der Waals surface area contributed by atoms with Gasteiger partial charge in [0, 0.05) is 21.2 Å². The Balaban J connectivity index is 2.05. The number of hydrogen-bond acceptors (Lipinski definition) is 4. The predicted octanol–water partition coefficient (Wildman–Crippen LogP) is 3.10. The van der Waals surface area contributed by atoms with Crippen LogP contribution in [-0.2, 0) is 6.54 Å². The Hall–Kier alpha value is -1.07. The van der Waals surface area contributed by atoms with Gasteiger partial charge in [-0.1, -0.05) is 0 Å². The maximum atomic E-state index is 5.65. The van der Waals surface area contributed by atoms with Crippen LogP contribution in [0, 0.1) is 0 Å². The van der Waals surface area contributed by atoms with E-state index in [0.29, 0.717) is 0 Å². The molecule has 0 fully saturated rings.